The fourth-order valence-electron chi connectivity index (χ4n) is 3.95. The molecule has 2 aromatic heterocycles. The fraction of sp³-hybridized carbons (Fsp3) is 0.357. The van der Waals surface area contributed by atoms with Crippen LogP contribution in [0.4, 0.5) is 24.0 Å². The number of hydrogen-bond acceptors (Lipinski definition) is 7. The average molecular weight is 563 g/mol. The maximum atomic E-state index is 13.8. The lowest BCUT2D eigenvalue weighted by molar-refractivity contribution is -0.142. The van der Waals surface area contributed by atoms with E-state index in [2.05, 4.69) is 28.5 Å². The van der Waals surface area contributed by atoms with Gasteiger partial charge in [-0.1, -0.05) is 23.8 Å². The van der Waals surface area contributed by atoms with Gasteiger partial charge in [0.2, 0.25) is 0 Å². The Labute approximate surface area is 228 Å². The van der Waals surface area contributed by atoms with Crippen molar-refractivity contribution in [3.05, 3.63) is 70.0 Å². The minimum atomic E-state index is -4.55. The molecule has 1 N–H and O–H groups in total. The molecule has 0 spiro atoms. The standard InChI is InChI=1S/C28H29F3N2O3S2/c1-2-35-26(34)17-21-12-14-25(38-21)23-18-37-27(33-23)32-20-11-13-24(22(16-20)28(29,30)31)36-15-7-6-10-19-8-4-3-5-9-19/h4,8-9,11-14,16,18H,2-3,5-7,10,15,17H2,1H3,(H,32,33). The predicted molar refractivity (Wildman–Crippen MR) is 146 cm³/mol. The zero-order valence-corrected chi connectivity index (χ0v) is 22.6. The lowest BCUT2D eigenvalue weighted by atomic mass is 10.0. The molecular weight excluding hydrogens is 533 g/mol. The highest BCUT2D eigenvalue weighted by molar-refractivity contribution is 7.17. The molecule has 0 fully saturated rings. The first-order valence-corrected chi connectivity index (χ1v) is 14.2. The maximum Gasteiger partial charge on any atom is 0.420 e. The van der Waals surface area contributed by atoms with Crippen molar-refractivity contribution in [2.75, 3.05) is 18.5 Å². The average Bonchev–Trinajstić information content (AvgIpc) is 3.54. The van der Waals surface area contributed by atoms with Gasteiger partial charge in [-0.15, -0.1) is 22.7 Å². The van der Waals surface area contributed by atoms with Gasteiger partial charge in [-0.3, -0.25) is 4.79 Å². The zero-order valence-electron chi connectivity index (χ0n) is 21.0. The Balaban J connectivity index is 1.36. The summed E-state index contributed by atoms with van der Waals surface area (Å²) in [6.45, 7) is 2.31. The van der Waals surface area contributed by atoms with Crippen LogP contribution in [-0.4, -0.2) is 24.2 Å². The van der Waals surface area contributed by atoms with Gasteiger partial charge in [-0.2, -0.15) is 13.2 Å². The summed E-state index contributed by atoms with van der Waals surface area (Å²) in [6, 6.07) is 7.69. The number of carbonyl (C=O) groups is 1. The number of aromatic nitrogens is 1. The number of nitrogens with zero attached hydrogens (tertiary/aromatic N) is 1. The highest BCUT2D eigenvalue weighted by atomic mass is 32.1. The Hall–Kier alpha value is -3.11. The normalized spacial score (nSPS) is 13.3. The van der Waals surface area contributed by atoms with Crippen LogP contribution in [0.15, 0.2) is 59.5 Å². The molecule has 1 aliphatic carbocycles. The molecule has 202 valence electrons. The van der Waals surface area contributed by atoms with E-state index < -0.39 is 11.7 Å². The third-order valence-electron chi connectivity index (χ3n) is 5.77. The molecule has 1 aromatic carbocycles. The minimum Gasteiger partial charge on any atom is -0.493 e. The largest absolute Gasteiger partial charge is 0.493 e. The molecule has 10 heteroatoms. The summed E-state index contributed by atoms with van der Waals surface area (Å²) < 4.78 is 51.9. The van der Waals surface area contributed by atoms with Gasteiger partial charge in [0, 0.05) is 15.9 Å². The van der Waals surface area contributed by atoms with Crippen LogP contribution >= 0.6 is 22.7 Å². The first kappa shape index (κ1) is 27.9. The second-order valence-corrected chi connectivity index (χ2v) is 10.7. The van der Waals surface area contributed by atoms with E-state index in [0.717, 1.165) is 41.5 Å². The third-order valence-corrected chi connectivity index (χ3v) is 7.63. The van der Waals surface area contributed by atoms with Crippen molar-refractivity contribution >= 4 is 39.5 Å². The number of hydrogen-bond donors (Lipinski definition) is 1. The molecule has 0 saturated heterocycles. The van der Waals surface area contributed by atoms with Crippen molar-refractivity contribution < 1.29 is 27.4 Å². The number of anilines is 2. The van der Waals surface area contributed by atoms with Crippen molar-refractivity contribution in [1.82, 2.24) is 4.98 Å². The van der Waals surface area contributed by atoms with Crippen LogP contribution in [0.3, 0.4) is 0 Å². The molecule has 1 aliphatic rings. The number of ether oxygens (including phenoxy) is 2. The molecule has 0 bridgehead atoms. The van der Waals surface area contributed by atoms with E-state index in [1.165, 1.54) is 34.3 Å². The number of esters is 1. The summed E-state index contributed by atoms with van der Waals surface area (Å²) in [6.07, 6.45) is 6.67. The van der Waals surface area contributed by atoms with Crippen LogP contribution in [0.5, 0.6) is 5.75 Å². The number of alkyl halides is 3. The Morgan fingerprint density at radius 3 is 2.79 bits per heavy atom. The van der Waals surface area contributed by atoms with Gasteiger partial charge < -0.3 is 14.8 Å². The van der Waals surface area contributed by atoms with Crippen LogP contribution in [0, 0.1) is 0 Å². The van der Waals surface area contributed by atoms with E-state index in [9.17, 15) is 18.0 Å². The minimum absolute atomic E-state index is 0.174. The highest BCUT2D eigenvalue weighted by Gasteiger charge is 2.34. The predicted octanol–water partition coefficient (Wildman–Crippen LogP) is 8.57. The Kier molecular flexibility index (Phi) is 9.63. The number of nitrogens with one attached hydrogen (secondary N) is 1. The summed E-state index contributed by atoms with van der Waals surface area (Å²) in [5.74, 6) is -0.462. The van der Waals surface area contributed by atoms with E-state index in [1.54, 1.807) is 13.0 Å². The van der Waals surface area contributed by atoms with Gasteiger partial charge in [0.15, 0.2) is 5.13 Å². The van der Waals surface area contributed by atoms with Gasteiger partial charge in [-0.05, 0) is 69.4 Å². The Bertz CT molecular complexity index is 1290. The number of carbonyl (C=O) groups excluding carboxylic acids is 1. The molecular formula is C28H29F3N2O3S2. The molecule has 0 saturated carbocycles. The molecule has 3 aromatic rings. The van der Waals surface area contributed by atoms with Gasteiger partial charge in [0.1, 0.15) is 5.75 Å². The first-order valence-electron chi connectivity index (χ1n) is 12.5. The lowest BCUT2D eigenvalue weighted by Crippen LogP contribution is -2.10. The second-order valence-electron chi connectivity index (χ2n) is 8.68. The van der Waals surface area contributed by atoms with Gasteiger partial charge in [-0.25, -0.2) is 4.98 Å². The van der Waals surface area contributed by atoms with Gasteiger partial charge in [0.25, 0.3) is 0 Å². The molecule has 38 heavy (non-hydrogen) atoms. The Morgan fingerprint density at radius 2 is 2.03 bits per heavy atom. The number of benzene rings is 1. The van der Waals surface area contributed by atoms with E-state index in [-0.39, 0.29) is 30.4 Å². The summed E-state index contributed by atoms with van der Waals surface area (Å²) in [5.41, 5.74) is 1.42. The molecule has 0 radical (unpaired) electrons. The fourth-order valence-corrected chi connectivity index (χ4v) is 5.71. The molecule has 4 rings (SSSR count). The Morgan fingerprint density at radius 1 is 1.16 bits per heavy atom. The lowest BCUT2D eigenvalue weighted by Gasteiger charge is -2.16. The number of thiophene rings is 1. The van der Waals surface area contributed by atoms with Crippen molar-refractivity contribution in [1.29, 1.82) is 0 Å². The van der Waals surface area contributed by atoms with Crippen LogP contribution in [-0.2, 0) is 22.1 Å². The zero-order chi connectivity index (χ0) is 27.0. The monoisotopic (exact) mass is 562 g/mol. The molecule has 5 nitrogen and oxygen atoms in total. The van der Waals surface area contributed by atoms with Crippen molar-refractivity contribution in [2.45, 2.75) is 51.6 Å². The summed E-state index contributed by atoms with van der Waals surface area (Å²) in [5, 5.41) is 5.26. The summed E-state index contributed by atoms with van der Waals surface area (Å²) >= 11 is 2.72. The SMILES string of the molecule is CCOC(=O)Cc1ccc(-c2csc(Nc3ccc(OCCCCC4=CCCC=C4)c(C(F)(F)F)c3)n2)s1. The number of unbranched alkanes of at least 4 members (excludes halogenated alkanes) is 1. The summed E-state index contributed by atoms with van der Waals surface area (Å²) in [7, 11) is 0. The van der Waals surface area contributed by atoms with E-state index in [4.69, 9.17) is 9.47 Å². The van der Waals surface area contributed by atoms with Gasteiger partial charge >= 0.3 is 12.1 Å². The van der Waals surface area contributed by atoms with Crippen LogP contribution in [0.1, 0.15) is 49.5 Å². The summed E-state index contributed by atoms with van der Waals surface area (Å²) in [4.78, 5) is 17.9. The molecule has 0 aliphatic heterocycles. The smallest absolute Gasteiger partial charge is 0.420 e. The van der Waals surface area contributed by atoms with Gasteiger partial charge in [0.05, 0.1) is 35.8 Å². The number of allylic oxidation sites excluding steroid dienone is 4. The number of thiazole rings is 1. The third kappa shape index (κ3) is 7.94. The number of halogens is 3. The number of rotatable bonds is 12. The first-order chi connectivity index (χ1) is 18.3. The quantitative estimate of drug-likeness (QED) is 0.177. The maximum absolute atomic E-state index is 13.8. The molecule has 0 amide bonds. The van der Waals surface area contributed by atoms with E-state index in [0.29, 0.717) is 23.9 Å². The van der Waals surface area contributed by atoms with Crippen molar-refractivity contribution in [3.63, 3.8) is 0 Å². The van der Waals surface area contributed by atoms with Crippen LogP contribution < -0.4 is 10.1 Å². The van der Waals surface area contributed by atoms with Crippen LogP contribution in [0.25, 0.3) is 10.6 Å². The molecule has 0 unspecified atom stereocenters. The van der Waals surface area contributed by atoms with Crippen molar-refractivity contribution in [3.8, 4) is 16.3 Å². The second kappa shape index (κ2) is 13.1. The van der Waals surface area contributed by atoms with Crippen molar-refractivity contribution in [2.24, 2.45) is 0 Å². The van der Waals surface area contributed by atoms with E-state index >= 15 is 0 Å². The van der Waals surface area contributed by atoms with Crippen LogP contribution in [0.2, 0.25) is 0 Å². The van der Waals surface area contributed by atoms with E-state index in [1.807, 2.05) is 17.5 Å². The molecule has 2 heterocycles. The topological polar surface area (TPSA) is 60.5 Å². The molecule has 0 atom stereocenters. The highest BCUT2D eigenvalue weighted by Crippen LogP contribution is 2.39.